The second-order valence-electron chi connectivity index (χ2n) is 4.88. The molecule has 0 atom stereocenters. The van der Waals surface area contributed by atoms with E-state index >= 15 is 0 Å². The Bertz CT molecular complexity index is 642. The molecule has 0 fully saturated rings. The van der Waals surface area contributed by atoms with E-state index in [-0.39, 0.29) is 17.2 Å². The summed E-state index contributed by atoms with van der Waals surface area (Å²) in [5.74, 6) is 0.695. The van der Waals surface area contributed by atoms with Crippen LogP contribution in [0, 0.1) is 0 Å². The highest BCUT2D eigenvalue weighted by Crippen LogP contribution is 2.34. The summed E-state index contributed by atoms with van der Waals surface area (Å²) in [5.41, 5.74) is 0. The molecule has 0 unspecified atom stereocenters. The third-order valence-corrected chi connectivity index (χ3v) is 5.77. The first kappa shape index (κ1) is 14.4. The van der Waals surface area contributed by atoms with Crippen molar-refractivity contribution in [3.63, 3.8) is 0 Å². The fraction of sp³-hybridized carbons (Fsp3) is 0. The van der Waals surface area contributed by atoms with Crippen molar-refractivity contribution in [2.24, 2.45) is 0 Å². The molecule has 0 radical (unpaired) electrons. The van der Waals surface area contributed by atoms with E-state index in [0.717, 1.165) is 15.9 Å². The maximum absolute atomic E-state index is 9.49. The van der Waals surface area contributed by atoms with E-state index in [9.17, 15) is 15.3 Å². The molecular weight excluding hydrogens is 295 g/mol. The summed E-state index contributed by atoms with van der Waals surface area (Å²) < 4.78 is 0. The van der Waals surface area contributed by atoms with Crippen molar-refractivity contribution in [3.8, 4) is 17.2 Å². The number of phenols is 3. The first-order chi connectivity index (χ1) is 10.6. The molecule has 3 nitrogen and oxygen atoms in total. The van der Waals surface area contributed by atoms with Crippen molar-refractivity contribution in [3.05, 3.63) is 72.8 Å². The lowest BCUT2D eigenvalue weighted by molar-refractivity contribution is 0.475. The van der Waals surface area contributed by atoms with Gasteiger partial charge in [0.05, 0.1) is 0 Å². The Morgan fingerprint density at radius 3 is 0.864 bits per heavy atom. The van der Waals surface area contributed by atoms with Crippen LogP contribution in [0.5, 0.6) is 17.2 Å². The number of phenolic OH excluding ortho intramolecular Hbond substituents is 3. The van der Waals surface area contributed by atoms with E-state index in [1.54, 1.807) is 36.4 Å². The number of hydrogen-bond donors (Lipinski definition) is 3. The van der Waals surface area contributed by atoms with Gasteiger partial charge in [-0.15, -0.1) is 0 Å². The van der Waals surface area contributed by atoms with Crippen LogP contribution in [0.4, 0.5) is 0 Å². The maximum atomic E-state index is 9.49. The Balaban J connectivity index is 2.10. The molecule has 0 spiro atoms. The van der Waals surface area contributed by atoms with Crippen LogP contribution in [-0.4, -0.2) is 15.3 Å². The zero-order valence-corrected chi connectivity index (χ0v) is 12.6. The van der Waals surface area contributed by atoms with Crippen LogP contribution < -0.4 is 15.9 Å². The van der Waals surface area contributed by atoms with Gasteiger partial charge in [0.2, 0.25) is 0 Å². The van der Waals surface area contributed by atoms with Crippen LogP contribution in [0.3, 0.4) is 0 Å². The van der Waals surface area contributed by atoms with Crippen molar-refractivity contribution in [2.45, 2.75) is 0 Å². The molecule has 0 amide bonds. The molecule has 0 heterocycles. The molecule has 0 aliphatic heterocycles. The average Bonchev–Trinajstić information content (AvgIpc) is 2.53. The monoisotopic (exact) mass is 310 g/mol. The van der Waals surface area contributed by atoms with Crippen molar-refractivity contribution in [1.29, 1.82) is 0 Å². The van der Waals surface area contributed by atoms with Crippen molar-refractivity contribution >= 4 is 23.8 Å². The van der Waals surface area contributed by atoms with Gasteiger partial charge in [-0.05, 0) is 60.2 Å². The summed E-state index contributed by atoms with van der Waals surface area (Å²) >= 11 is 0. The molecule has 4 heteroatoms. The first-order valence-corrected chi connectivity index (χ1v) is 8.15. The number of aromatic hydroxyl groups is 3. The standard InChI is InChI=1S/C18H15O3P/c19-13-1-7-16(8-2-13)22(17-9-3-14(20)4-10-17)18-11-5-15(21)6-12-18/h1-12,19-21H. The van der Waals surface area contributed by atoms with Gasteiger partial charge in [-0.1, -0.05) is 36.4 Å². The van der Waals surface area contributed by atoms with Gasteiger partial charge in [-0.3, -0.25) is 0 Å². The van der Waals surface area contributed by atoms with Crippen molar-refractivity contribution in [2.75, 3.05) is 0 Å². The smallest absolute Gasteiger partial charge is 0.115 e. The summed E-state index contributed by atoms with van der Waals surface area (Å²) in [6.07, 6.45) is 0. The highest BCUT2D eigenvalue weighted by Gasteiger charge is 2.16. The maximum Gasteiger partial charge on any atom is 0.115 e. The molecule has 3 rings (SSSR count). The molecule has 3 N–H and O–H groups in total. The fourth-order valence-electron chi connectivity index (χ4n) is 2.25. The van der Waals surface area contributed by atoms with Gasteiger partial charge in [0.25, 0.3) is 0 Å². The molecule has 0 saturated heterocycles. The summed E-state index contributed by atoms with van der Waals surface area (Å²) in [7, 11) is -0.816. The van der Waals surface area contributed by atoms with Gasteiger partial charge in [-0.2, -0.15) is 0 Å². The molecule has 0 aliphatic rings. The highest BCUT2D eigenvalue weighted by atomic mass is 31.1. The number of rotatable bonds is 3. The van der Waals surface area contributed by atoms with Crippen LogP contribution in [0.1, 0.15) is 0 Å². The number of hydrogen-bond acceptors (Lipinski definition) is 3. The molecular formula is C18H15O3P. The van der Waals surface area contributed by atoms with Crippen LogP contribution >= 0.6 is 7.92 Å². The minimum absolute atomic E-state index is 0.232. The molecule has 0 aliphatic carbocycles. The number of benzene rings is 3. The van der Waals surface area contributed by atoms with Gasteiger partial charge in [0.15, 0.2) is 0 Å². The Morgan fingerprint density at radius 2 is 0.636 bits per heavy atom. The Morgan fingerprint density at radius 1 is 0.409 bits per heavy atom. The molecule has 3 aromatic rings. The minimum atomic E-state index is -0.816. The van der Waals surface area contributed by atoms with Crippen molar-refractivity contribution in [1.82, 2.24) is 0 Å². The Labute approximate surface area is 129 Å². The third-order valence-electron chi connectivity index (χ3n) is 3.32. The SMILES string of the molecule is Oc1ccc(P(c2ccc(O)cc2)c2ccc(O)cc2)cc1. The van der Waals surface area contributed by atoms with Crippen LogP contribution in [-0.2, 0) is 0 Å². The van der Waals surface area contributed by atoms with Crippen LogP contribution in [0.15, 0.2) is 72.8 Å². The summed E-state index contributed by atoms with van der Waals surface area (Å²) in [5, 5.41) is 31.7. The zero-order valence-electron chi connectivity index (χ0n) is 11.7. The molecule has 110 valence electrons. The predicted octanol–water partition coefficient (Wildman–Crippen LogP) is 2.56. The topological polar surface area (TPSA) is 60.7 Å². The predicted molar refractivity (Wildman–Crippen MR) is 90.1 cm³/mol. The lowest BCUT2D eigenvalue weighted by atomic mass is 10.3. The quantitative estimate of drug-likeness (QED) is 0.652. The Kier molecular flexibility index (Phi) is 3.99. The van der Waals surface area contributed by atoms with Gasteiger partial charge >= 0.3 is 0 Å². The second-order valence-corrected chi connectivity index (χ2v) is 7.10. The lowest BCUT2D eigenvalue weighted by Gasteiger charge is -2.19. The van der Waals surface area contributed by atoms with Crippen LogP contribution in [0.2, 0.25) is 0 Å². The zero-order chi connectivity index (χ0) is 15.5. The minimum Gasteiger partial charge on any atom is -0.508 e. The first-order valence-electron chi connectivity index (χ1n) is 6.81. The van der Waals surface area contributed by atoms with Crippen LogP contribution in [0.25, 0.3) is 0 Å². The molecule has 0 bridgehead atoms. The molecule has 0 saturated carbocycles. The normalized spacial score (nSPS) is 10.8. The molecule has 3 aromatic carbocycles. The Hall–Kier alpha value is -2.51. The van der Waals surface area contributed by atoms with E-state index in [1.807, 2.05) is 36.4 Å². The van der Waals surface area contributed by atoms with E-state index in [4.69, 9.17) is 0 Å². The van der Waals surface area contributed by atoms with Crippen molar-refractivity contribution < 1.29 is 15.3 Å². The highest BCUT2D eigenvalue weighted by molar-refractivity contribution is 7.79. The van der Waals surface area contributed by atoms with E-state index in [2.05, 4.69) is 0 Å². The largest absolute Gasteiger partial charge is 0.508 e. The van der Waals surface area contributed by atoms with E-state index < -0.39 is 7.92 Å². The average molecular weight is 310 g/mol. The van der Waals surface area contributed by atoms with E-state index in [1.165, 1.54) is 0 Å². The molecule has 22 heavy (non-hydrogen) atoms. The summed E-state index contributed by atoms with van der Waals surface area (Å²) in [4.78, 5) is 0. The summed E-state index contributed by atoms with van der Waals surface area (Å²) in [6, 6.07) is 21.5. The third kappa shape index (κ3) is 3.05. The fourth-order valence-corrected chi connectivity index (χ4v) is 4.49. The van der Waals surface area contributed by atoms with E-state index in [0.29, 0.717) is 0 Å². The van der Waals surface area contributed by atoms with Gasteiger partial charge in [0, 0.05) is 0 Å². The molecule has 0 aromatic heterocycles. The van der Waals surface area contributed by atoms with Gasteiger partial charge in [-0.25, -0.2) is 0 Å². The van der Waals surface area contributed by atoms with Gasteiger partial charge in [0.1, 0.15) is 17.2 Å². The second kappa shape index (κ2) is 6.08. The summed E-state index contributed by atoms with van der Waals surface area (Å²) in [6.45, 7) is 0. The lowest BCUT2D eigenvalue weighted by Crippen LogP contribution is -2.20. The van der Waals surface area contributed by atoms with Gasteiger partial charge < -0.3 is 15.3 Å².